The molecule has 3 unspecified atom stereocenters. The second-order valence-electron chi connectivity index (χ2n) is 13.3. The molecule has 0 aromatic heterocycles. The van der Waals surface area contributed by atoms with E-state index in [1.165, 1.54) is 12.1 Å². The Morgan fingerprint density at radius 3 is 2.25 bits per heavy atom. The molecule has 4 aliphatic heterocycles. The average Bonchev–Trinajstić information content (AvgIpc) is 3.78. The summed E-state index contributed by atoms with van der Waals surface area (Å²) in [6.07, 6.45) is 10.2. The first-order chi connectivity index (χ1) is 21.1. The Labute approximate surface area is 259 Å². The molecule has 10 heteroatoms. The van der Waals surface area contributed by atoms with Crippen molar-refractivity contribution in [1.82, 2.24) is 0 Å². The SMILES string of the molecule is O=S(=O)([O-])c1ccc(OS(=O)(=O)c2c(C3CC4CCC3O4)cc3ccccc3c2C23CCC(CC2)O3)c2c1CCCCCC2. The summed E-state index contributed by atoms with van der Waals surface area (Å²) in [4.78, 5) is -0.0966. The smallest absolute Gasteiger partial charge is 0.339 e. The van der Waals surface area contributed by atoms with Crippen molar-refractivity contribution in [3.63, 3.8) is 0 Å². The molecule has 0 amide bonds. The van der Waals surface area contributed by atoms with Gasteiger partial charge < -0.3 is 18.2 Å². The molecule has 8 nitrogen and oxygen atoms in total. The molecule has 3 aromatic rings. The average molecular weight is 638 g/mol. The molecule has 0 saturated carbocycles. The van der Waals surface area contributed by atoms with Crippen molar-refractivity contribution in [3.8, 4) is 5.75 Å². The van der Waals surface area contributed by atoms with E-state index in [1.54, 1.807) is 0 Å². The van der Waals surface area contributed by atoms with E-state index in [1.807, 2.05) is 30.3 Å². The van der Waals surface area contributed by atoms with E-state index in [9.17, 15) is 21.4 Å². The minimum Gasteiger partial charge on any atom is -0.744 e. The van der Waals surface area contributed by atoms with Gasteiger partial charge in [-0.2, -0.15) is 8.42 Å². The van der Waals surface area contributed by atoms with Gasteiger partial charge in [-0.25, -0.2) is 8.42 Å². The summed E-state index contributed by atoms with van der Waals surface area (Å²) in [6.45, 7) is 0. The molecule has 0 N–H and O–H groups in total. The topological polar surface area (TPSA) is 119 Å². The summed E-state index contributed by atoms with van der Waals surface area (Å²) in [5.41, 5.74) is 1.59. The van der Waals surface area contributed by atoms with Crippen LogP contribution in [0.15, 0.2) is 52.3 Å². The molecule has 4 saturated heterocycles. The highest BCUT2D eigenvalue weighted by molar-refractivity contribution is 7.87. The van der Waals surface area contributed by atoms with Gasteiger partial charge in [0.1, 0.15) is 20.8 Å². The van der Waals surface area contributed by atoms with E-state index < -0.39 is 25.8 Å². The van der Waals surface area contributed by atoms with E-state index in [0.29, 0.717) is 29.5 Å². The van der Waals surface area contributed by atoms with Crippen LogP contribution >= 0.6 is 0 Å². The van der Waals surface area contributed by atoms with Crippen molar-refractivity contribution in [3.05, 3.63) is 64.7 Å². The van der Waals surface area contributed by atoms with Gasteiger partial charge in [-0.15, -0.1) is 0 Å². The molecule has 0 spiro atoms. The third kappa shape index (κ3) is 4.71. The number of hydrogen-bond donors (Lipinski definition) is 0. The fraction of sp³-hybridized carbons (Fsp3) is 0.529. The molecule has 4 bridgehead atoms. The van der Waals surface area contributed by atoms with Crippen LogP contribution in [0.2, 0.25) is 0 Å². The maximum atomic E-state index is 14.9. The number of ether oxygens (including phenoxy) is 2. The molecule has 8 rings (SSSR count). The van der Waals surface area contributed by atoms with Gasteiger partial charge in [0.05, 0.1) is 28.8 Å². The molecule has 44 heavy (non-hydrogen) atoms. The standard InChI is InChI=1S/C34H38O8S2/c35-43(36,37)31-14-13-30(25-9-3-1-2-4-10-26(25)31)42-44(38,39)33-28(27-20-23-11-12-29(27)40-23)19-21-7-5-6-8-24(21)32(33)34-17-15-22(41-34)16-18-34/h5-8,13-14,19,22-23,27,29H,1-4,9-12,15-18,20H2,(H,35,36,37)/p-1. The summed E-state index contributed by atoms with van der Waals surface area (Å²) in [5, 5.41) is 1.83. The summed E-state index contributed by atoms with van der Waals surface area (Å²) in [6, 6.07) is 12.5. The molecule has 4 fully saturated rings. The van der Waals surface area contributed by atoms with Crippen LogP contribution in [0.5, 0.6) is 5.75 Å². The van der Waals surface area contributed by atoms with Crippen molar-refractivity contribution < 1.29 is 35.0 Å². The third-order valence-electron chi connectivity index (χ3n) is 10.8. The van der Waals surface area contributed by atoms with E-state index >= 15 is 0 Å². The van der Waals surface area contributed by atoms with Gasteiger partial charge in [-0.1, -0.05) is 37.1 Å². The molecule has 3 atom stereocenters. The van der Waals surface area contributed by atoms with Gasteiger partial charge in [0.2, 0.25) is 0 Å². The molecule has 3 aromatic carbocycles. The second-order valence-corrected chi connectivity index (χ2v) is 16.2. The Kier molecular flexibility index (Phi) is 6.92. The van der Waals surface area contributed by atoms with Crippen LogP contribution in [0.4, 0.5) is 0 Å². The Morgan fingerprint density at radius 2 is 1.59 bits per heavy atom. The normalized spacial score (nSPS) is 29.9. The van der Waals surface area contributed by atoms with Gasteiger partial charge >= 0.3 is 10.1 Å². The predicted octanol–water partition coefficient (Wildman–Crippen LogP) is 6.37. The largest absolute Gasteiger partial charge is 0.744 e. The van der Waals surface area contributed by atoms with E-state index in [-0.39, 0.29) is 39.8 Å². The zero-order valence-corrected chi connectivity index (χ0v) is 26.3. The minimum atomic E-state index is -4.74. The molecular weight excluding hydrogens is 601 g/mol. The first kappa shape index (κ1) is 28.9. The minimum absolute atomic E-state index is 0.0529. The van der Waals surface area contributed by atoms with Crippen LogP contribution in [-0.2, 0) is 48.2 Å². The predicted molar refractivity (Wildman–Crippen MR) is 162 cm³/mol. The first-order valence-electron chi connectivity index (χ1n) is 16.1. The maximum absolute atomic E-state index is 14.9. The van der Waals surface area contributed by atoms with Gasteiger partial charge in [0.25, 0.3) is 0 Å². The van der Waals surface area contributed by atoms with Gasteiger partial charge in [-0.05, 0) is 111 Å². The molecule has 4 heterocycles. The first-order valence-corrected chi connectivity index (χ1v) is 18.9. The fourth-order valence-electron chi connectivity index (χ4n) is 8.86. The summed E-state index contributed by atoms with van der Waals surface area (Å²) in [7, 11) is -9.20. The highest BCUT2D eigenvalue weighted by atomic mass is 32.2. The number of rotatable bonds is 6. The Balaban J connectivity index is 1.35. The lowest BCUT2D eigenvalue weighted by Crippen LogP contribution is -2.29. The molecule has 1 aliphatic carbocycles. The quantitative estimate of drug-likeness (QED) is 0.226. The van der Waals surface area contributed by atoms with Crippen LogP contribution in [0.1, 0.15) is 98.8 Å². The van der Waals surface area contributed by atoms with Crippen LogP contribution in [-0.4, -0.2) is 39.7 Å². The lowest BCUT2D eigenvalue weighted by Gasteiger charge is -2.32. The maximum Gasteiger partial charge on any atom is 0.339 e. The summed E-state index contributed by atoms with van der Waals surface area (Å²) >= 11 is 0. The monoisotopic (exact) mass is 637 g/mol. The Morgan fingerprint density at radius 1 is 0.841 bits per heavy atom. The van der Waals surface area contributed by atoms with Crippen LogP contribution < -0.4 is 4.18 Å². The Bertz CT molecular complexity index is 1860. The lowest BCUT2D eigenvalue weighted by atomic mass is 9.77. The zero-order chi connectivity index (χ0) is 30.3. The van der Waals surface area contributed by atoms with Crippen LogP contribution in [0.3, 0.4) is 0 Å². The third-order valence-corrected chi connectivity index (χ3v) is 13.1. The molecule has 234 valence electrons. The summed E-state index contributed by atoms with van der Waals surface area (Å²) < 4.78 is 85.5. The lowest BCUT2D eigenvalue weighted by molar-refractivity contribution is 0.00884. The van der Waals surface area contributed by atoms with Crippen molar-refractivity contribution >= 4 is 31.0 Å². The zero-order valence-electron chi connectivity index (χ0n) is 24.6. The second kappa shape index (κ2) is 10.5. The van der Waals surface area contributed by atoms with Gasteiger partial charge in [0, 0.05) is 17.0 Å². The molecular formula is C34H37O8S2-. The van der Waals surface area contributed by atoms with E-state index in [4.69, 9.17) is 13.7 Å². The number of fused-ring (bicyclic) bond motifs is 6. The number of hydrogen-bond acceptors (Lipinski definition) is 8. The van der Waals surface area contributed by atoms with Crippen molar-refractivity contribution in [2.75, 3.05) is 0 Å². The molecule has 5 aliphatic rings. The van der Waals surface area contributed by atoms with E-state index in [2.05, 4.69) is 0 Å². The van der Waals surface area contributed by atoms with Crippen molar-refractivity contribution in [2.24, 2.45) is 0 Å². The van der Waals surface area contributed by atoms with Gasteiger partial charge in [0.15, 0.2) is 0 Å². The fourth-order valence-corrected chi connectivity index (χ4v) is 11.1. The van der Waals surface area contributed by atoms with Crippen molar-refractivity contribution in [1.29, 1.82) is 0 Å². The molecule has 0 radical (unpaired) electrons. The van der Waals surface area contributed by atoms with E-state index in [0.717, 1.165) is 87.0 Å². The highest BCUT2D eigenvalue weighted by Gasteiger charge is 2.52. The Hall–Kier alpha value is -2.50. The van der Waals surface area contributed by atoms with Gasteiger partial charge in [-0.3, -0.25) is 0 Å². The summed E-state index contributed by atoms with van der Waals surface area (Å²) in [5.74, 6) is 0.0202. The van der Waals surface area contributed by atoms with Crippen molar-refractivity contribution in [2.45, 2.75) is 123 Å². The number of benzene rings is 3. The van der Waals surface area contributed by atoms with Crippen LogP contribution in [0, 0.1) is 0 Å². The van der Waals surface area contributed by atoms with Crippen LogP contribution in [0.25, 0.3) is 10.8 Å². The highest BCUT2D eigenvalue weighted by Crippen LogP contribution is 2.56.